The Labute approximate surface area is 237 Å². The van der Waals surface area contributed by atoms with Gasteiger partial charge in [-0.2, -0.15) is 0 Å². The van der Waals surface area contributed by atoms with Crippen molar-refractivity contribution in [2.45, 2.75) is 125 Å². The van der Waals surface area contributed by atoms with E-state index in [1.165, 1.54) is 0 Å². The summed E-state index contributed by atoms with van der Waals surface area (Å²) in [5, 5.41) is 19.0. The van der Waals surface area contributed by atoms with Crippen molar-refractivity contribution >= 4 is 58.0 Å². The van der Waals surface area contributed by atoms with Gasteiger partial charge in [0, 0.05) is 23.7 Å². The van der Waals surface area contributed by atoms with E-state index in [1.807, 2.05) is 13.8 Å². The zero-order valence-corrected chi connectivity index (χ0v) is 24.8. The number of unbranched alkanes of at least 4 members (excludes halogenated alkanes) is 2. The number of hydrogen-bond acceptors (Lipinski definition) is 4. The number of ketones is 2. The van der Waals surface area contributed by atoms with Crippen molar-refractivity contribution in [3.05, 3.63) is 0 Å². The van der Waals surface area contributed by atoms with Gasteiger partial charge in [-0.25, -0.2) is 0 Å². The monoisotopic (exact) mass is 584 g/mol. The fourth-order valence-corrected chi connectivity index (χ4v) is 8.99. The van der Waals surface area contributed by atoms with Crippen LogP contribution in [0.2, 0.25) is 0 Å². The van der Waals surface area contributed by atoms with Crippen LogP contribution in [-0.4, -0.2) is 42.7 Å². The predicted molar refractivity (Wildman–Crippen MR) is 148 cm³/mol. The van der Waals surface area contributed by atoms with Gasteiger partial charge in [0.15, 0.2) is 20.2 Å². The van der Waals surface area contributed by atoms with E-state index in [-0.39, 0.29) is 47.4 Å². The minimum Gasteiger partial charge on any atom is -0.393 e. The molecule has 0 aliphatic heterocycles. The van der Waals surface area contributed by atoms with E-state index in [9.17, 15) is 19.8 Å². The topological polar surface area (TPSA) is 74.6 Å². The second-order valence-electron chi connectivity index (χ2n) is 11.6. The highest BCUT2D eigenvalue weighted by molar-refractivity contribution is 6.61. The lowest BCUT2D eigenvalue weighted by atomic mass is 9.69. The Hall–Kier alpha value is 0.420. The van der Waals surface area contributed by atoms with Crippen molar-refractivity contribution in [1.29, 1.82) is 0 Å². The van der Waals surface area contributed by atoms with E-state index in [1.54, 1.807) is 0 Å². The number of halogens is 4. The number of aliphatic hydroxyl groups excluding tert-OH is 2. The van der Waals surface area contributed by atoms with Crippen LogP contribution in [0.5, 0.6) is 0 Å². The first-order chi connectivity index (χ1) is 17.0. The summed E-state index contributed by atoms with van der Waals surface area (Å²) in [4.78, 5) is 23.3. The fourth-order valence-electron chi connectivity index (χ4n) is 7.11. The second-order valence-corrected chi connectivity index (χ2v) is 14.4. The number of Topliss-reactive ketones (excluding diaryl/α,β-unsaturated/α-hetero) is 2. The zero-order chi connectivity index (χ0) is 26.7. The van der Waals surface area contributed by atoms with Crippen LogP contribution < -0.4 is 0 Å². The van der Waals surface area contributed by atoms with Gasteiger partial charge in [0.05, 0.1) is 12.2 Å². The molecule has 0 aromatic heterocycles. The molecule has 36 heavy (non-hydrogen) atoms. The summed E-state index contributed by atoms with van der Waals surface area (Å²) in [6.45, 7) is 4.00. The van der Waals surface area contributed by atoms with Gasteiger partial charge in [-0.15, -0.1) is 0 Å². The highest BCUT2D eigenvalue weighted by Crippen LogP contribution is 2.61. The maximum Gasteiger partial charge on any atom is 0.179 e. The molecular weight excluding hydrogens is 542 g/mol. The van der Waals surface area contributed by atoms with Crippen LogP contribution in [0.25, 0.3) is 0 Å². The highest BCUT2D eigenvalue weighted by atomic mass is 35.5. The summed E-state index contributed by atoms with van der Waals surface area (Å²) in [6.07, 6.45) is 13.7. The average molecular weight is 586 g/mol. The third-order valence-electron chi connectivity index (χ3n) is 9.41. The van der Waals surface area contributed by atoms with Crippen LogP contribution in [0.4, 0.5) is 0 Å². The van der Waals surface area contributed by atoms with Gasteiger partial charge in [-0.3, -0.25) is 9.59 Å². The molecule has 8 unspecified atom stereocenters. The number of alkyl halides is 4. The molecule has 4 nitrogen and oxygen atoms in total. The largest absolute Gasteiger partial charge is 0.393 e. The second kappa shape index (κ2) is 13.2. The van der Waals surface area contributed by atoms with Crippen LogP contribution in [0.3, 0.4) is 0 Å². The molecule has 0 heterocycles. The normalized spacial score (nSPS) is 35.1. The van der Waals surface area contributed by atoms with E-state index in [0.29, 0.717) is 11.8 Å². The van der Waals surface area contributed by atoms with Crippen molar-refractivity contribution in [3.63, 3.8) is 0 Å². The van der Waals surface area contributed by atoms with E-state index in [2.05, 4.69) is 0 Å². The molecule has 0 bridgehead atoms. The Kier molecular flexibility index (Phi) is 11.3. The molecule has 4 saturated carbocycles. The van der Waals surface area contributed by atoms with E-state index in [4.69, 9.17) is 46.4 Å². The molecule has 208 valence electrons. The van der Waals surface area contributed by atoms with Crippen molar-refractivity contribution in [2.75, 3.05) is 0 Å². The van der Waals surface area contributed by atoms with Crippen LogP contribution in [0.1, 0.15) is 104 Å². The molecule has 0 aromatic carbocycles. The number of hydrogen-bond donors (Lipinski definition) is 2. The molecule has 4 fully saturated rings. The molecule has 4 aliphatic carbocycles. The average Bonchev–Trinajstić information content (AvgIpc) is 3.46. The smallest absolute Gasteiger partial charge is 0.179 e. The van der Waals surface area contributed by atoms with Crippen molar-refractivity contribution in [3.8, 4) is 0 Å². The SMILES string of the molecule is CCC(O)CCCCC1CCC2C(=O)C(Cl)(Cl)C12.CCC(O)CCCCC1CCC2C(=O)C(Cl)(Cl)C12. The van der Waals surface area contributed by atoms with Crippen LogP contribution in [0, 0.1) is 35.5 Å². The molecule has 0 amide bonds. The Balaban J connectivity index is 0.000000201. The Morgan fingerprint density at radius 2 is 1.06 bits per heavy atom. The highest BCUT2D eigenvalue weighted by Gasteiger charge is 2.65. The first-order valence-corrected chi connectivity index (χ1v) is 15.7. The predicted octanol–water partition coefficient (Wildman–Crippen LogP) is 7.43. The zero-order valence-electron chi connectivity index (χ0n) is 21.7. The van der Waals surface area contributed by atoms with Gasteiger partial charge in [0.2, 0.25) is 0 Å². The molecule has 8 atom stereocenters. The lowest BCUT2D eigenvalue weighted by Crippen LogP contribution is -2.55. The van der Waals surface area contributed by atoms with Gasteiger partial charge >= 0.3 is 0 Å². The maximum absolute atomic E-state index is 11.7. The molecular formula is C28H44Cl4O4. The summed E-state index contributed by atoms with van der Waals surface area (Å²) >= 11 is 24.4. The lowest BCUT2D eigenvalue weighted by molar-refractivity contribution is -0.135. The van der Waals surface area contributed by atoms with Crippen LogP contribution >= 0.6 is 46.4 Å². The van der Waals surface area contributed by atoms with Crippen LogP contribution in [-0.2, 0) is 9.59 Å². The third kappa shape index (κ3) is 6.58. The molecule has 2 N–H and O–H groups in total. The van der Waals surface area contributed by atoms with E-state index >= 15 is 0 Å². The summed E-state index contributed by atoms with van der Waals surface area (Å²) < 4.78 is -2.20. The summed E-state index contributed by atoms with van der Waals surface area (Å²) in [5.74, 6) is 1.72. The summed E-state index contributed by atoms with van der Waals surface area (Å²) in [6, 6.07) is 0. The summed E-state index contributed by atoms with van der Waals surface area (Å²) in [5.41, 5.74) is 0. The van der Waals surface area contributed by atoms with E-state index in [0.717, 1.165) is 89.9 Å². The third-order valence-corrected chi connectivity index (χ3v) is 11.2. The number of rotatable bonds is 12. The number of aliphatic hydroxyl groups is 2. The van der Waals surface area contributed by atoms with Crippen LogP contribution in [0.15, 0.2) is 0 Å². The van der Waals surface area contributed by atoms with Crippen molar-refractivity contribution < 1.29 is 19.8 Å². The molecule has 0 saturated heterocycles. The Morgan fingerprint density at radius 3 is 1.39 bits per heavy atom. The molecule has 4 rings (SSSR count). The van der Waals surface area contributed by atoms with Gasteiger partial charge in [-0.05, 0) is 63.2 Å². The van der Waals surface area contributed by atoms with Gasteiger partial charge < -0.3 is 10.2 Å². The Bertz CT molecular complexity index is 696. The Morgan fingerprint density at radius 1 is 0.694 bits per heavy atom. The first-order valence-electron chi connectivity index (χ1n) is 14.2. The summed E-state index contributed by atoms with van der Waals surface area (Å²) in [7, 11) is 0. The number of carbonyl (C=O) groups excluding carboxylic acids is 2. The molecule has 4 aliphatic rings. The van der Waals surface area contributed by atoms with Crippen molar-refractivity contribution in [2.24, 2.45) is 35.5 Å². The minimum absolute atomic E-state index is 0.0414. The molecule has 0 aromatic rings. The first kappa shape index (κ1) is 31.0. The maximum atomic E-state index is 11.7. The van der Waals surface area contributed by atoms with Crippen molar-refractivity contribution in [1.82, 2.24) is 0 Å². The van der Waals surface area contributed by atoms with Gasteiger partial charge in [0.25, 0.3) is 0 Å². The van der Waals surface area contributed by atoms with Gasteiger partial charge in [0.1, 0.15) is 0 Å². The molecule has 0 radical (unpaired) electrons. The number of fused-ring (bicyclic) bond motifs is 2. The standard InChI is InChI=1S/2C14H22Cl2O2/c2*1-2-10(17)6-4-3-5-9-7-8-11-12(9)14(15,16)13(11)18/h2*9-12,17H,2-8H2,1H3. The lowest BCUT2D eigenvalue weighted by Gasteiger charge is -2.44. The number of carbonyl (C=O) groups is 2. The quantitative estimate of drug-likeness (QED) is 0.184. The van der Waals surface area contributed by atoms with E-state index < -0.39 is 8.67 Å². The fraction of sp³-hybridized carbons (Fsp3) is 0.929. The molecule has 8 heteroatoms. The van der Waals surface area contributed by atoms with Gasteiger partial charge in [-0.1, -0.05) is 98.8 Å². The molecule has 0 spiro atoms. The minimum atomic E-state index is -1.10.